The number of alkyl carbamates (subject to hydrolysis) is 1. The number of aliphatic hydroxyl groups is 2. The molecule has 86 heavy (non-hydrogen) atoms. The van der Waals surface area contributed by atoms with Crippen molar-refractivity contribution in [2.75, 3.05) is 19.8 Å². The Morgan fingerprint density at radius 3 is 1.91 bits per heavy atom. The molecule has 8 rings (SSSR count). The van der Waals surface area contributed by atoms with Crippen LogP contribution in [0.5, 0.6) is 0 Å². The first-order chi connectivity index (χ1) is 40.9. The van der Waals surface area contributed by atoms with Crippen LogP contribution >= 0.6 is 0 Å². The number of ether oxygens (including phenoxy) is 9. The Labute approximate surface area is 494 Å². The molecule has 0 spiro atoms. The second-order valence-electron chi connectivity index (χ2n) is 22.2. The Morgan fingerprint density at radius 1 is 0.721 bits per heavy atom. The van der Waals surface area contributed by atoms with Gasteiger partial charge in [0.05, 0.1) is 42.6 Å². The molecule has 3 aliphatic carbocycles. The predicted molar refractivity (Wildman–Crippen MR) is 297 cm³/mol. The molecule has 1 saturated heterocycles. The van der Waals surface area contributed by atoms with Crippen LogP contribution in [0.15, 0.2) is 132 Å². The molecule has 4 aliphatic rings. The number of hydrogen-bond donors (Lipinski definition) is 4. The normalized spacial score (nSPS) is 26.2. The van der Waals surface area contributed by atoms with Gasteiger partial charge in [-0.3, -0.25) is 24.0 Å². The highest BCUT2D eigenvalue weighted by atomic mass is 16.6. The molecule has 2 amide bonds. The van der Waals surface area contributed by atoms with Crippen molar-refractivity contribution in [2.24, 2.45) is 16.7 Å². The van der Waals surface area contributed by atoms with E-state index in [0.29, 0.717) is 5.56 Å². The Bertz CT molecular complexity index is 3250. The third-order valence-electron chi connectivity index (χ3n) is 16.5. The molecule has 23 nitrogen and oxygen atoms in total. The summed E-state index contributed by atoms with van der Waals surface area (Å²) >= 11 is 0. The minimum absolute atomic E-state index is 0.0126. The van der Waals surface area contributed by atoms with Crippen LogP contribution in [0.1, 0.15) is 106 Å². The van der Waals surface area contributed by atoms with Crippen LogP contribution in [0.4, 0.5) is 4.79 Å². The smallest absolute Gasteiger partial charge is 0.408 e. The lowest BCUT2D eigenvalue weighted by atomic mass is 9.44. The van der Waals surface area contributed by atoms with E-state index in [4.69, 9.17) is 42.6 Å². The van der Waals surface area contributed by atoms with E-state index in [1.807, 2.05) is 0 Å². The van der Waals surface area contributed by atoms with Gasteiger partial charge >= 0.3 is 47.9 Å². The molecule has 1 heterocycles. The zero-order valence-electron chi connectivity index (χ0n) is 48.3. The molecule has 23 heteroatoms. The first kappa shape index (κ1) is 63.2. The quantitative estimate of drug-likeness (QED) is 0.0509. The van der Waals surface area contributed by atoms with Gasteiger partial charge in [-0.25, -0.2) is 24.0 Å². The maximum absolute atomic E-state index is 15.9. The highest BCUT2D eigenvalue weighted by molar-refractivity contribution is 5.97. The maximum atomic E-state index is 15.9. The second kappa shape index (κ2) is 26.2. The lowest BCUT2D eigenvalue weighted by Gasteiger charge is -2.67. The van der Waals surface area contributed by atoms with Crippen LogP contribution in [-0.2, 0) is 82.8 Å². The summed E-state index contributed by atoms with van der Waals surface area (Å²) in [7, 11) is 0. The molecule has 4 aromatic rings. The first-order valence-corrected chi connectivity index (χ1v) is 27.9. The Hall–Kier alpha value is -8.80. The number of benzene rings is 4. The van der Waals surface area contributed by atoms with Gasteiger partial charge in [0.1, 0.15) is 42.6 Å². The number of esters is 7. The number of hydrogen-bond acceptors (Lipinski definition) is 21. The summed E-state index contributed by atoms with van der Waals surface area (Å²) in [6.07, 6.45) is -13.7. The second-order valence-corrected chi connectivity index (χ2v) is 22.2. The number of fused-ring (bicyclic) bond motifs is 5. The molecule has 12 atom stereocenters. The average molecular weight is 1190 g/mol. The molecule has 3 fully saturated rings. The number of amides is 2. The number of ketones is 1. The molecule has 456 valence electrons. The Kier molecular flexibility index (Phi) is 19.3. The molecule has 3 unspecified atom stereocenters. The minimum atomic E-state index is -2.58. The molecule has 2 saturated carbocycles. The van der Waals surface area contributed by atoms with Crippen molar-refractivity contribution in [2.45, 2.75) is 134 Å². The number of aliphatic hydroxyl groups excluding tert-OH is 1. The van der Waals surface area contributed by atoms with E-state index in [0.717, 1.165) is 13.8 Å². The third kappa shape index (κ3) is 12.9. The van der Waals surface area contributed by atoms with Crippen LogP contribution < -0.4 is 10.6 Å². The van der Waals surface area contributed by atoms with Crippen LogP contribution in [0.2, 0.25) is 0 Å². The van der Waals surface area contributed by atoms with Crippen LogP contribution in [0.3, 0.4) is 0 Å². The molecule has 0 radical (unpaired) electrons. The summed E-state index contributed by atoms with van der Waals surface area (Å²) in [6.45, 7) is 7.43. The summed E-state index contributed by atoms with van der Waals surface area (Å²) < 4.78 is 52.2. The van der Waals surface area contributed by atoms with E-state index in [9.17, 15) is 48.6 Å². The monoisotopic (exact) mass is 1190 g/mol. The summed E-state index contributed by atoms with van der Waals surface area (Å²) in [6, 6.07) is 28.4. The maximum Gasteiger partial charge on any atom is 0.408 e. The van der Waals surface area contributed by atoms with Crippen molar-refractivity contribution in [3.63, 3.8) is 0 Å². The highest BCUT2D eigenvalue weighted by Crippen LogP contribution is 2.64. The van der Waals surface area contributed by atoms with Crippen LogP contribution in [0, 0.1) is 16.7 Å². The molecular formula is C63H68N2O21. The fraction of sp³-hybridized carbons (Fsp3) is 0.429. The fourth-order valence-electron chi connectivity index (χ4n) is 12.2. The molecule has 4 N–H and O–H groups in total. The van der Waals surface area contributed by atoms with Gasteiger partial charge in [-0.1, -0.05) is 111 Å². The average Bonchev–Trinajstić information content (AvgIpc) is 0.682. The molecule has 0 aromatic heterocycles. The van der Waals surface area contributed by atoms with Gasteiger partial charge in [0.2, 0.25) is 6.10 Å². The Morgan fingerprint density at radius 2 is 1.33 bits per heavy atom. The zero-order chi connectivity index (χ0) is 62.3. The molecule has 4 aromatic carbocycles. The van der Waals surface area contributed by atoms with Gasteiger partial charge in [-0.05, 0) is 67.3 Å². The fourth-order valence-corrected chi connectivity index (χ4v) is 12.2. The lowest BCUT2D eigenvalue weighted by molar-refractivity contribution is -0.346. The van der Waals surface area contributed by atoms with Crippen molar-refractivity contribution in [1.29, 1.82) is 0 Å². The van der Waals surface area contributed by atoms with E-state index in [2.05, 4.69) is 10.6 Å². The van der Waals surface area contributed by atoms with Crippen molar-refractivity contribution >= 4 is 59.6 Å². The van der Waals surface area contributed by atoms with E-state index < -0.39 is 162 Å². The van der Waals surface area contributed by atoms with Gasteiger partial charge < -0.3 is 63.5 Å². The van der Waals surface area contributed by atoms with E-state index in [1.54, 1.807) is 84.9 Å². The highest BCUT2D eigenvalue weighted by Gasteiger charge is 2.78. The predicted octanol–water partition coefficient (Wildman–Crippen LogP) is 5.08. The van der Waals surface area contributed by atoms with Crippen LogP contribution in [0.25, 0.3) is 0 Å². The minimum Gasteiger partial charge on any atom is -0.464 e. The van der Waals surface area contributed by atoms with Crippen molar-refractivity contribution < 1.29 is 101 Å². The van der Waals surface area contributed by atoms with Crippen molar-refractivity contribution in [3.05, 3.63) is 155 Å². The van der Waals surface area contributed by atoms with Gasteiger partial charge in [0, 0.05) is 37.7 Å². The SMILES string of the molecule is CCOC(=O)C(CC(=O)OCC(=O)OC(C(=O)O[C@H]1C[C@@]2(O)[C@@H](OC(=O)c3ccccc3)[C@@H]3[C@]4(OC(C)=O)CO[C@@H]4C[C@H](O)[C@@]3(C)C(=O)[C@H](OC(C)=O)C(=C1C)C2(C)C)C(NC(=O)c1ccccc1)c1ccccc1)NC(=O)OCc1ccccc1. The number of carbonyl (C=O) groups is 10. The largest absolute Gasteiger partial charge is 0.464 e. The lowest BCUT2D eigenvalue weighted by Crippen LogP contribution is -2.82. The molecule has 2 bridgehead atoms. The zero-order valence-corrected chi connectivity index (χ0v) is 48.3. The van der Waals surface area contributed by atoms with Gasteiger partial charge in [-0.15, -0.1) is 0 Å². The number of nitrogens with one attached hydrogen (secondary N) is 2. The standard InChI is InChI=1S/C63H68N2O21/c1-8-78-57(74)42(64-59(76)80-32-38-21-13-9-14-22-38)29-46(69)79-33-47(70)84-51(49(39-23-15-10-16-24-39)65-55(72)40-25-17-11-18-26-40)58(75)83-43-31-63(77)54(85-56(73)41-27-19-12-20-28-41)52-61(7,44(68)30-45-62(52,34-81-45)86-37(4)67)53(71)50(82-36(3)66)48(35(43)2)60(63,5)6/h9-28,42-45,49-52,54,68,77H,8,29-34H2,1-7H3,(H,64,76)(H,65,72)/t42?,43-,44-,45+,49?,50+,51?,52-,54-,61+,62-,63+/m0/s1. The summed E-state index contributed by atoms with van der Waals surface area (Å²) in [5.74, 6) is -11.4. The van der Waals surface area contributed by atoms with Crippen molar-refractivity contribution in [3.8, 4) is 0 Å². The number of Topliss-reactive ketones (excluding diaryl/α,β-unsaturated/α-hetero) is 1. The van der Waals surface area contributed by atoms with E-state index in [-0.39, 0.29) is 47.5 Å². The van der Waals surface area contributed by atoms with Crippen molar-refractivity contribution in [1.82, 2.24) is 10.6 Å². The topological polar surface area (TPSA) is 318 Å². The van der Waals surface area contributed by atoms with Gasteiger partial charge in [0.25, 0.3) is 5.91 Å². The van der Waals surface area contributed by atoms with Gasteiger partial charge in [0.15, 0.2) is 24.1 Å². The molecule has 1 aliphatic heterocycles. The first-order valence-electron chi connectivity index (χ1n) is 27.9. The number of rotatable bonds is 20. The van der Waals surface area contributed by atoms with Crippen LogP contribution in [-0.4, -0.2) is 143 Å². The summed E-state index contributed by atoms with van der Waals surface area (Å²) in [5.41, 5.74) is -7.72. The molecular weight excluding hydrogens is 1120 g/mol. The van der Waals surface area contributed by atoms with Gasteiger partial charge in [-0.2, -0.15) is 0 Å². The van der Waals surface area contributed by atoms with E-state index >= 15 is 9.59 Å². The number of carbonyl (C=O) groups excluding carboxylic acids is 10. The third-order valence-corrected chi connectivity index (χ3v) is 16.5. The summed E-state index contributed by atoms with van der Waals surface area (Å²) in [5, 5.41) is 31.3. The Balaban J connectivity index is 1.19. The summed E-state index contributed by atoms with van der Waals surface area (Å²) in [4.78, 5) is 140. The van der Waals surface area contributed by atoms with E-state index in [1.165, 1.54) is 71.0 Å².